The number of rotatable bonds is 2. The first-order valence-electron chi connectivity index (χ1n) is 6.48. The summed E-state index contributed by atoms with van der Waals surface area (Å²) >= 11 is 0. The molecule has 2 atom stereocenters. The molecule has 2 nitrogen and oxygen atoms in total. The summed E-state index contributed by atoms with van der Waals surface area (Å²) in [5, 5.41) is 0. The minimum absolute atomic E-state index is 0.0985. The largest absolute Gasteiger partial charge is 0.456 e. The fraction of sp³-hybridized carbons (Fsp3) is 0.533. The summed E-state index contributed by atoms with van der Waals surface area (Å²) in [6, 6.07) is 6.29. The van der Waals surface area contributed by atoms with Gasteiger partial charge in [0.05, 0.1) is 11.5 Å². The van der Waals surface area contributed by atoms with Crippen molar-refractivity contribution in [1.82, 2.24) is 0 Å². The predicted molar refractivity (Wildman–Crippen MR) is 68.5 cm³/mol. The highest BCUT2D eigenvalue weighted by atomic mass is 19.4. The monoisotopic (exact) mass is 286 g/mol. The zero-order chi connectivity index (χ0) is 15.1. The smallest absolute Gasteiger partial charge is 0.392 e. The molecular formula is C15H17F3O2. The van der Waals surface area contributed by atoms with E-state index in [1.807, 2.05) is 0 Å². The van der Waals surface area contributed by atoms with E-state index < -0.39 is 29.6 Å². The van der Waals surface area contributed by atoms with E-state index in [0.717, 1.165) is 0 Å². The molecule has 0 aliphatic heterocycles. The number of alkyl halides is 3. The van der Waals surface area contributed by atoms with Crippen molar-refractivity contribution in [2.24, 2.45) is 5.92 Å². The highest BCUT2D eigenvalue weighted by Crippen LogP contribution is 2.56. The second-order valence-corrected chi connectivity index (χ2v) is 6.12. The van der Waals surface area contributed by atoms with E-state index in [4.69, 9.17) is 4.74 Å². The van der Waals surface area contributed by atoms with Crippen LogP contribution in [0.4, 0.5) is 13.2 Å². The summed E-state index contributed by atoms with van der Waals surface area (Å²) in [5.74, 6) is -2.32. The van der Waals surface area contributed by atoms with E-state index in [0.29, 0.717) is 11.1 Å². The second-order valence-electron chi connectivity index (χ2n) is 6.12. The first-order valence-corrected chi connectivity index (χ1v) is 6.48. The van der Waals surface area contributed by atoms with Crippen molar-refractivity contribution >= 4 is 5.97 Å². The molecule has 5 heteroatoms. The van der Waals surface area contributed by atoms with Gasteiger partial charge < -0.3 is 4.74 Å². The van der Waals surface area contributed by atoms with Crippen LogP contribution in [0.15, 0.2) is 24.3 Å². The molecule has 1 aromatic rings. The molecule has 0 amide bonds. The van der Waals surface area contributed by atoms with E-state index in [1.165, 1.54) is 6.07 Å². The molecule has 1 aliphatic rings. The Morgan fingerprint density at radius 1 is 1.25 bits per heavy atom. The third kappa shape index (κ3) is 3.52. The molecule has 0 N–H and O–H groups in total. The van der Waals surface area contributed by atoms with E-state index in [1.54, 1.807) is 39.0 Å². The molecular weight excluding hydrogens is 269 g/mol. The normalized spacial score (nSPS) is 22.5. The number of benzene rings is 1. The summed E-state index contributed by atoms with van der Waals surface area (Å²) in [6.07, 6.45) is -4.06. The Morgan fingerprint density at radius 3 is 2.40 bits per heavy atom. The first-order chi connectivity index (χ1) is 9.08. The van der Waals surface area contributed by atoms with Crippen LogP contribution in [0.1, 0.15) is 49.0 Å². The Balaban J connectivity index is 2.12. The van der Waals surface area contributed by atoms with E-state index in [9.17, 15) is 18.0 Å². The minimum atomic E-state index is -4.16. The molecule has 0 heterocycles. The molecule has 0 saturated heterocycles. The summed E-state index contributed by atoms with van der Waals surface area (Å²) in [4.78, 5) is 11.9. The van der Waals surface area contributed by atoms with Crippen LogP contribution in [0, 0.1) is 5.92 Å². The second kappa shape index (κ2) is 4.79. The van der Waals surface area contributed by atoms with Crippen LogP contribution in [0.3, 0.4) is 0 Å². The molecule has 2 unspecified atom stereocenters. The average molecular weight is 286 g/mol. The molecule has 2 rings (SSSR count). The van der Waals surface area contributed by atoms with Gasteiger partial charge in [0.15, 0.2) is 0 Å². The van der Waals surface area contributed by atoms with Gasteiger partial charge in [-0.05, 0) is 50.8 Å². The van der Waals surface area contributed by atoms with Crippen LogP contribution in [-0.2, 0) is 4.74 Å². The lowest BCUT2D eigenvalue weighted by Crippen LogP contribution is -2.23. The van der Waals surface area contributed by atoms with Gasteiger partial charge in [0.2, 0.25) is 0 Å². The number of ether oxygens (including phenoxy) is 1. The molecule has 20 heavy (non-hydrogen) atoms. The van der Waals surface area contributed by atoms with Gasteiger partial charge in [0.25, 0.3) is 0 Å². The van der Waals surface area contributed by atoms with Crippen LogP contribution < -0.4 is 0 Å². The molecule has 0 aromatic heterocycles. The van der Waals surface area contributed by atoms with E-state index in [-0.39, 0.29) is 6.42 Å². The molecule has 1 aliphatic carbocycles. The van der Waals surface area contributed by atoms with Crippen molar-refractivity contribution in [3.8, 4) is 0 Å². The Labute approximate surface area is 115 Å². The predicted octanol–water partition coefficient (Wildman–Crippen LogP) is 4.31. The highest BCUT2D eigenvalue weighted by molar-refractivity contribution is 5.89. The lowest BCUT2D eigenvalue weighted by Gasteiger charge is -2.19. The van der Waals surface area contributed by atoms with Crippen molar-refractivity contribution in [1.29, 1.82) is 0 Å². The van der Waals surface area contributed by atoms with Gasteiger partial charge in [-0.1, -0.05) is 12.1 Å². The third-order valence-corrected chi connectivity index (χ3v) is 3.16. The van der Waals surface area contributed by atoms with Gasteiger partial charge in [-0.25, -0.2) is 4.79 Å². The zero-order valence-electron chi connectivity index (χ0n) is 11.6. The zero-order valence-corrected chi connectivity index (χ0v) is 11.6. The lowest BCUT2D eigenvalue weighted by atomic mass is 10.1. The van der Waals surface area contributed by atoms with Gasteiger partial charge >= 0.3 is 12.1 Å². The molecule has 110 valence electrons. The first kappa shape index (κ1) is 14.9. The summed E-state index contributed by atoms with van der Waals surface area (Å²) in [7, 11) is 0. The molecule has 1 fully saturated rings. The highest BCUT2D eigenvalue weighted by Gasteiger charge is 2.56. The fourth-order valence-electron chi connectivity index (χ4n) is 2.16. The molecule has 1 saturated carbocycles. The summed E-state index contributed by atoms with van der Waals surface area (Å²) in [6.45, 7) is 5.24. The van der Waals surface area contributed by atoms with Crippen LogP contribution in [0.5, 0.6) is 0 Å². The quantitative estimate of drug-likeness (QED) is 0.757. The Kier molecular flexibility index (Phi) is 3.56. The van der Waals surface area contributed by atoms with Crippen LogP contribution in [0.2, 0.25) is 0 Å². The standard InChI is InChI=1S/C15H17F3O2/c1-14(2,3)20-13(19)10-6-4-5-9(7-10)11-8-12(11)15(16,17)18/h4-7,11-12H,8H2,1-3H3. The van der Waals surface area contributed by atoms with E-state index in [2.05, 4.69) is 0 Å². The van der Waals surface area contributed by atoms with E-state index >= 15 is 0 Å². The Morgan fingerprint density at radius 2 is 1.90 bits per heavy atom. The van der Waals surface area contributed by atoms with Gasteiger partial charge in [-0.3, -0.25) is 0 Å². The molecule has 0 radical (unpaired) electrons. The number of halogens is 3. The lowest BCUT2D eigenvalue weighted by molar-refractivity contribution is -0.148. The maximum absolute atomic E-state index is 12.6. The number of esters is 1. The van der Waals surface area contributed by atoms with Crippen LogP contribution in [0.25, 0.3) is 0 Å². The maximum atomic E-state index is 12.6. The molecule has 0 spiro atoms. The summed E-state index contributed by atoms with van der Waals surface area (Å²) in [5.41, 5.74) is 0.224. The van der Waals surface area contributed by atoms with Crippen molar-refractivity contribution in [3.63, 3.8) is 0 Å². The minimum Gasteiger partial charge on any atom is -0.456 e. The SMILES string of the molecule is CC(C)(C)OC(=O)c1cccc(C2CC2C(F)(F)F)c1. The van der Waals surface area contributed by atoms with Crippen molar-refractivity contribution in [2.75, 3.05) is 0 Å². The summed E-state index contributed by atoms with van der Waals surface area (Å²) < 4.78 is 42.9. The third-order valence-electron chi connectivity index (χ3n) is 3.16. The number of hydrogen-bond donors (Lipinski definition) is 0. The topological polar surface area (TPSA) is 26.3 Å². The van der Waals surface area contributed by atoms with Crippen molar-refractivity contribution < 1.29 is 22.7 Å². The number of hydrogen-bond acceptors (Lipinski definition) is 2. The van der Waals surface area contributed by atoms with Crippen LogP contribution >= 0.6 is 0 Å². The average Bonchev–Trinajstić information content (AvgIpc) is 3.06. The maximum Gasteiger partial charge on any atom is 0.392 e. The van der Waals surface area contributed by atoms with Crippen molar-refractivity contribution in [2.45, 2.75) is 44.9 Å². The number of carbonyl (C=O) groups excluding carboxylic acids is 1. The number of carbonyl (C=O) groups is 1. The fourth-order valence-corrected chi connectivity index (χ4v) is 2.16. The van der Waals surface area contributed by atoms with Gasteiger partial charge in [0.1, 0.15) is 5.60 Å². The Bertz CT molecular complexity index is 515. The molecule has 0 bridgehead atoms. The van der Waals surface area contributed by atoms with Gasteiger partial charge in [0, 0.05) is 0 Å². The van der Waals surface area contributed by atoms with Crippen molar-refractivity contribution in [3.05, 3.63) is 35.4 Å². The van der Waals surface area contributed by atoms with Crippen LogP contribution in [-0.4, -0.2) is 17.7 Å². The molecule has 1 aromatic carbocycles. The van der Waals surface area contributed by atoms with Gasteiger partial charge in [-0.2, -0.15) is 13.2 Å². The van der Waals surface area contributed by atoms with Gasteiger partial charge in [-0.15, -0.1) is 0 Å². The Hall–Kier alpha value is -1.52.